The maximum atomic E-state index is 12.9. The van der Waals surface area contributed by atoms with Gasteiger partial charge in [-0.1, -0.05) is 41.9 Å². The number of hydrogen-bond donors (Lipinski definition) is 3. The van der Waals surface area contributed by atoms with E-state index in [2.05, 4.69) is 55.4 Å². The highest BCUT2D eigenvalue weighted by Crippen LogP contribution is 2.33. The molecule has 0 bridgehead atoms. The molecular weight excluding hydrogens is 530 g/mol. The van der Waals surface area contributed by atoms with Crippen LogP contribution in [0.2, 0.25) is 5.02 Å². The van der Waals surface area contributed by atoms with Crippen LogP contribution in [-0.2, 0) is 12.8 Å². The lowest BCUT2D eigenvalue weighted by Crippen LogP contribution is -2.39. The first-order valence-corrected chi connectivity index (χ1v) is 13.4. The minimum Gasteiger partial charge on any atom is -0.341 e. The fourth-order valence-electron chi connectivity index (χ4n) is 4.58. The van der Waals surface area contributed by atoms with Crippen LogP contribution in [-0.4, -0.2) is 52.2 Å². The number of aromatic nitrogens is 2. The van der Waals surface area contributed by atoms with Gasteiger partial charge in [-0.25, -0.2) is 4.98 Å². The molecule has 198 valence electrons. The molecule has 0 unspecified atom stereocenters. The molecule has 39 heavy (non-hydrogen) atoms. The molecular formula is C29H28ClN7OS. The van der Waals surface area contributed by atoms with Crippen molar-refractivity contribution in [3.05, 3.63) is 106 Å². The summed E-state index contributed by atoms with van der Waals surface area (Å²) in [7, 11) is 1.75. The second-order valence-electron chi connectivity index (χ2n) is 9.25. The largest absolute Gasteiger partial charge is 0.341 e. The number of carbonyl (C=O) groups is 1. The Kier molecular flexibility index (Phi) is 8.29. The summed E-state index contributed by atoms with van der Waals surface area (Å²) in [5.74, 6) is 0.187. The van der Waals surface area contributed by atoms with Crippen molar-refractivity contribution in [2.24, 2.45) is 4.99 Å². The minimum atomic E-state index is -0.170. The van der Waals surface area contributed by atoms with Gasteiger partial charge in [0.15, 0.2) is 10.9 Å². The topological polar surface area (TPSA) is 94.5 Å². The van der Waals surface area contributed by atoms with E-state index in [4.69, 9.17) is 23.8 Å². The van der Waals surface area contributed by atoms with Gasteiger partial charge in [-0.3, -0.25) is 25.6 Å². The number of thiocarbonyl (C=S) groups is 1. The molecule has 8 nitrogen and oxygen atoms in total. The monoisotopic (exact) mass is 557 g/mol. The van der Waals surface area contributed by atoms with Gasteiger partial charge in [0, 0.05) is 55.5 Å². The fourth-order valence-corrected chi connectivity index (χ4v) is 4.94. The number of halogens is 1. The van der Waals surface area contributed by atoms with E-state index in [1.54, 1.807) is 24.2 Å². The maximum absolute atomic E-state index is 12.9. The number of amides is 1. The Balaban J connectivity index is 1.22. The molecule has 3 heterocycles. The highest BCUT2D eigenvalue weighted by atomic mass is 35.5. The van der Waals surface area contributed by atoms with Crippen LogP contribution in [0, 0.1) is 0 Å². The predicted octanol–water partition coefficient (Wildman–Crippen LogP) is 4.60. The summed E-state index contributed by atoms with van der Waals surface area (Å²) >= 11 is 12.1. The van der Waals surface area contributed by atoms with Gasteiger partial charge in [-0.15, -0.1) is 0 Å². The molecule has 0 spiro atoms. The van der Waals surface area contributed by atoms with E-state index in [1.807, 2.05) is 30.5 Å². The van der Waals surface area contributed by atoms with Gasteiger partial charge in [0.2, 0.25) is 0 Å². The summed E-state index contributed by atoms with van der Waals surface area (Å²) in [4.78, 5) is 27.6. The second kappa shape index (κ2) is 12.2. The Hall–Kier alpha value is -4.08. The summed E-state index contributed by atoms with van der Waals surface area (Å²) in [5.41, 5.74) is 13.0. The Labute approximate surface area is 237 Å². The molecule has 0 radical (unpaired) electrons. The zero-order valence-electron chi connectivity index (χ0n) is 21.4. The number of benzene rings is 1. The number of hydrogen-bond acceptors (Lipinski definition) is 6. The lowest BCUT2D eigenvalue weighted by Gasteiger charge is -2.20. The third-order valence-corrected chi connectivity index (χ3v) is 7.16. The standard InChI is InChI=1S/C29H28ClN7OS/c1-37(15-12-22-7-4-5-13-32-22)28(38)21-16-25(30)27(33-17-21)35-36-29(39)34-26-23-8-3-2-6-19(23)9-10-20-11-14-31-18-24(20)26/h2-8,11,13-14,16-17H,9-10,12,15,18H2,1H3,(H,33,35)(H2,34,36,39). The van der Waals surface area contributed by atoms with Crippen LogP contribution in [0.25, 0.3) is 5.70 Å². The molecule has 5 rings (SSSR count). The molecule has 0 saturated carbocycles. The van der Waals surface area contributed by atoms with Crippen molar-refractivity contribution < 1.29 is 4.79 Å². The van der Waals surface area contributed by atoms with E-state index < -0.39 is 0 Å². The highest BCUT2D eigenvalue weighted by molar-refractivity contribution is 7.80. The third-order valence-electron chi connectivity index (χ3n) is 6.67. The summed E-state index contributed by atoms with van der Waals surface area (Å²) in [5, 5.41) is 4.01. The van der Waals surface area contributed by atoms with E-state index in [1.165, 1.54) is 17.3 Å². The predicted molar refractivity (Wildman–Crippen MR) is 160 cm³/mol. The number of carbonyl (C=O) groups excluding carboxylic acids is 1. The molecule has 10 heteroatoms. The number of rotatable bonds is 7. The van der Waals surface area contributed by atoms with Crippen molar-refractivity contribution in [1.82, 2.24) is 25.6 Å². The van der Waals surface area contributed by atoms with E-state index in [-0.39, 0.29) is 5.91 Å². The number of pyridine rings is 2. The molecule has 3 N–H and O–H groups in total. The molecule has 1 amide bonds. The van der Waals surface area contributed by atoms with E-state index in [0.29, 0.717) is 41.0 Å². The van der Waals surface area contributed by atoms with Gasteiger partial charge in [0.25, 0.3) is 5.91 Å². The highest BCUT2D eigenvalue weighted by Gasteiger charge is 2.22. The normalized spacial score (nSPS) is 13.9. The number of anilines is 1. The van der Waals surface area contributed by atoms with Gasteiger partial charge >= 0.3 is 0 Å². The van der Waals surface area contributed by atoms with E-state index in [9.17, 15) is 4.79 Å². The number of likely N-dealkylation sites (N-methyl/N-ethyl adjacent to an activating group) is 1. The van der Waals surface area contributed by atoms with Gasteiger partial charge in [-0.2, -0.15) is 0 Å². The number of fused-ring (bicyclic) bond motifs is 2. The quantitative estimate of drug-likeness (QED) is 0.288. The van der Waals surface area contributed by atoms with Crippen molar-refractivity contribution in [2.75, 3.05) is 25.6 Å². The number of hydrazine groups is 1. The summed E-state index contributed by atoms with van der Waals surface area (Å²) in [6.45, 7) is 1.12. The lowest BCUT2D eigenvalue weighted by atomic mass is 9.99. The summed E-state index contributed by atoms with van der Waals surface area (Å²) < 4.78 is 0. The maximum Gasteiger partial charge on any atom is 0.255 e. The molecule has 0 saturated heterocycles. The summed E-state index contributed by atoms with van der Waals surface area (Å²) in [6.07, 6.45) is 9.73. The van der Waals surface area contributed by atoms with Crippen LogP contribution in [0.5, 0.6) is 0 Å². The molecule has 2 aromatic heterocycles. The van der Waals surface area contributed by atoms with Crippen LogP contribution >= 0.6 is 23.8 Å². The van der Waals surface area contributed by atoms with Crippen molar-refractivity contribution in [3.63, 3.8) is 0 Å². The van der Waals surface area contributed by atoms with Crippen molar-refractivity contribution in [2.45, 2.75) is 19.3 Å². The van der Waals surface area contributed by atoms with Crippen molar-refractivity contribution in [3.8, 4) is 0 Å². The van der Waals surface area contributed by atoms with Crippen LogP contribution in [0.3, 0.4) is 0 Å². The van der Waals surface area contributed by atoms with Gasteiger partial charge < -0.3 is 10.2 Å². The first-order chi connectivity index (χ1) is 19.0. The molecule has 1 aliphatic carbocycles. The van der Waals surface area contributed by atoms with Gasteiger partial charge in [-0.05, 0) is 60.5 Å². The van der Waals surface area contributed by atoms with E-state index in [0.717, 1.165) is 35.4 Å². The van der Waals surface area contributed by atoms with Crippen LogP contribution < -0.4 is 16.2 Å². The molecule has 0 atom stereocenters. The molecule has 0 fully saturated rings. The zero-order valence-corrected chi connectivity index (χ0v) is 23.0. The second-order valence-corrected chi connectivity index (χ2v) is 10.1. The third kappa shape index (κ3) is 6.32. The number of allylic oxidation sites excluding steroid dienone is 1. The zero-order chi connectivity index (χ0) is 27.2. The van der Waals surface area contributed by atoms with Crippen molar-refractivity contribution >= 4 is 52.6 Å². The average molecular weight is 558 g/mol. The minimum absolute atomic E-state index is 0.170. The average Bonchev–Trinajstić information content (AvgIpc) is 3.12. The number of aliphatic imine (C=N–C) groups is 1. The number of nitrogens with one attached hydrogen (secondary N) is 3. The Bertz CT molecular complexity index is 1490. The molecule has 1 aromatic carbocycles. The van der Waals surface area contributed by atoms with E-state index >= 15 is 0 Å². The molecule has 1 aliphatic heterocycles. The van der Waals surface area contributed by atoms with Crippen LogP contribution in [0.15, 0.2) is 83.1 Å². The first-order valence-electron chi connectivity index (χ1n) is 12.6. The fraction of sp³-hybridized carbons (Fsp3) is 0.207. The van der Waals surface area contributed by atoms with Crippen LogP contribution in [0.4, 0.5) is 5.82 Å². The Morgan fingerprint density at radius 2 is 1.97 bits per heavy atom. The number of dihydropyridines is 1. The Morgan fingerprint density at radius 1 is 1.13 bits per heavy atom. The Morgan fingerprint density at radius 3 is 2.79 bits per heavy atom. The molecule has 3 aromatic rings. The summed E-state index contributed by atoms with van der Waals surface area (Å²) in [6, 6.07) is 15.7. The first kappa shape index (κ1) is 26.5. The molecule has 2 aliphatic rings. The number of aryl methyl sites for hydroxylation is 1. The number of nitrogens with zero attached hydrogens (tertiary/aromatic N) is 4. The van der Waals surface area contributed by atoms with Crippen LogP contribution in [0.1, 0.15) is 33.6 Å². The van der Waals surface area contributed by atoms with Crippen molar-refractivity contribution in [1.29, 1.82) is 0 Å². The lowest BCUT2D eigenvalue weighted by molar-refractivity contribution is 0.0796. The SMILES string of the molecule is CN(CCc1ccccn1)C(=O)c1cnc(NNC(=S)NC2=C3CN=CC=C3CCc3ccccc32)c(Cl)c1. The van der Waals surface area contributed by atoms with Gasteiger partial charge in [0.1, 0.15) is 0 Å². The van der Waals surface area contributed by atoms with Gasteiger partial charge in [0.05, 0.1) is 22.8 Å². The smallest absolute Gasteiger partial charge is 0.255 e.